The minimum atomic E-state index is 0.0194. The smallest absolute Gasteiger partial charge is 0.255 e. The van der Waals surface area contributed by atoms with Crippen LogP contribution >= 0.6 is 0 Å². The number of hydrogen-bond donors (Lipinski definition) is 0. The van der Waals surface area contributed by atoms with Crippen LogP contribution in [0.1, 0.15) is 12.5 Å². The first-order valence-electron chi connectivity index (χ1n) is 3.99. The third-order valence-corrected chi connectivity index (χ3v) is 1.64. The van der Waals surface area contributed by atoms with Crippen LogP contribution in [0.3, 0.4) is 0 Å². The van der Waals surface area contributed by atoms with Gasteiger partial charge in [0.25, 0.3) is 5.56 Å². The zero-order valence-electron chi connectivity index (χ0n) is 7.41. The highest BCUT2D eigenvalue weighted by atomic mass is 16.5. The molecule has 0 aliphatic heterocycles. The zero-order chi connectivity index (χ0) is 8.97. The number of aryl methyl sites for hydroxylation is 1. The molecule has 0 N–H and O–H groups in total. The SMILES string of the molecule is CCOCn1cccc(C)c1=O. The Kier molecular flexibility index (Phi) is 3.05. The van der Waals surface area contributed by atoms with E-state index in [1.807, 2.05) is 13.0 Å². The average molecular weight is 167 g/mol. The summed E-state index contributed by atoms with van der Waals surface area (Å²) in [4.78, 5) is 11.4. The second-order valence-corrected chi connectivity index (χ2v) is 2.59. The number of pyridine rings is 1. The van der Waals surface area contributed by atoms with Crippen LogP contribution < -0.4 is 5.56 Å². The van der Waals surface area contributed by atoms with Crippen LogP contribution in [-0.4, -0.2) is 11.2 Å². The van der Waals surface area contributed by atoms with E-state index in [0.717, 1.165) is 5.56 Å². The van der Waals surface area contributed by atoms with E-state index < -0.39 is 0 Å². The van der Waals surface area contributed by atoms with Gasteiger partial charge in [-0.1, -0.05) is 6.07 Å². The highest BCUT2D eigenvalue weighted by Gasteiger charge is 1.96. The van der Waals surface area contributed by atoms with Crippen molar-refractivity contribution in [1.82, 2.24) is 4.57 Å². The van der Waals surface area contributed by atoms with Crippen LogP contribution in [0.15, 0.2) is 23.1 Å². The summed E-state index contributed by atoms with van der Waals surface area (Å²) in [5, 5.41) is 0. The third-order valence-electron chi connectivity index (χ3n) is 1.64. The van der Waals surface area contributed by atoms with Gasteiger partial charge in [0.15, 0.2) is 0 Å². The van der Waals surface area contributed by atoms with E-state index in [0.29, 0.717) is 13.3 Å². The van der Waals surface area contributed by atoms with Crippen LogP contribution in [0.4, 0.5) is 0 Å². The summed E-state index contributed by atoms with van der Waals surface area (Å²) in [7, 11) is 0. The van der Waals surface area contributed by atoms with E-state index >= 15 is 0 Å². The van der Waals surface area contributed by atoms with Gasteiger partial charge in [0, 0.05) is 18.4 Å². The average Bonchev–Trinajstić information content (AvgIpc) is 2.08. The van der Waals surface area contributed by atoms with Gasteiger partial charge >= 0.3 is 0 Å². The van der Waals surface area contributed by atoms with E-state index in [-0.39, 0.29) is 5.56 Å². The Labute approximate surface area is 71.6 Å². The summed E-state index contributed by atoms with van der Waals surface area (Å²) < 4.78 is 6.67. The lowest BCUT2D eigenvalue weighted by Crippen LogP contribution is -2.22. The maximum absolute atomic E-state index is 11.4. The Hall–Kier alpha value is -1.09. The summed E-state index contributed by atoms with van der Waals surface area (Å²) in [6.45, 7) is 4.67. The van der Waals surface area contributed by atoms with E-state index in [9.17, 15) is 4.79 Å². The third kappa shape index (κ3) is 1.95. The summed E-state index contributed by atoms with van der Waals surface area (Å²) >= 11 is 0. The van der Waals surface area contributed by atoms with Crippen LogP contribution in [0.5, 0.6) is 0 Å². The fourth-order valence-electron chi connectivity index (χ4n) is 0.948. The topological polar surface area (TPSA) is 31.2 Å². The molecule has 1 rings (SSSR count). The largest absolute Gasteiger partial charge is 0.361 e. The first-order valence-corrected chi connectivity index (χ1v) is 3.99. The molecule has 0 atom stereocenters. The lowest BCUT2D eigenvalue weighted by molar-refractivity contribution is 0.0852. The first-order chi connectivity index (χ1) is 5.75. The maximum Gasteiger partial charge on any atom is 0.255 e. The summed E-state index contributed by atoms with van der Waals surface area (Å²) in [5.74, 6) is 0. The van der Waals surface area contributed by atoms with Gasteiger partial charge in [0.05, 0.1) is 0 Å². The second kappa shape index (κ2) is 4.07. The molecule has 3 heteroatoms. The number of nitrogens with zero attached hydrogens (tertiary/aromatic N) is 1. The standard InChI is InChI=1S/C9H13NO2/c1-3-12-7-10-6-4-5-8(2)9(10)11/h4-6H,3,7H2,1-2H3. The minimum Gasteiger partial charge on any atom is -0.361 e. The highest BCUT2D eigenvalue weighted by molar-refractivity contribution is 5.07. The monoisotopic (exact) mass is 167 g/mol. The predicted molar refractivity (Wildman–Crippen MR) is 47.1 cm³/mol. The van der Waals surface area contributed by atoms with Gasteiger partial charge in [-0.3, -0.25) is 9.36 Å². The van der Waals surface area contributed by atoms with Crippen molar-refractivity contribution >= 4 is 0 Å². The van der Waals surface area contributed by atoms with Crippen molar-refractivity contribution < 1.29 is 4.74 Å². The molecule has 1 aromatic heterocycles. The predicted octanol–water partition coefficient (Wildman–Crippen LogP) is 1.15. The van der Waals surface area contributed by atoms with E-state index in [1.165, 1.54) is 0 Å². The molecule has 0 aliphatic rings. The van der Waals surface area contributed by atoms with Crippen molar-refractivity contribution in [2.24, 2.45) is 0 Å². The molecule has 0 radical (unpaired) electrons. The highest BCUT2D eigenvalue weighted by Crippen LogP contribution is 1.89. The van der Waals surface area contributed by atoms with Crippen LogP contribution in [0, 0.1) is 6.92 Å². The van der Waals surface area contributed by atoms with E-state index in [2.05, 4.69) is 0 Å². The van der Waals surface area contributed by atoms with Gasteiger partial charge < -0.3 is 4.74 Å². The summed E-state index contributed by atoms with van der Waals surface area (Å²) in [6, 6.07) is 3.64. The second-order valence-electron chi connectivity index (χ2n) is 2.59. The molecule has 0 saturated heterocycles. The summed E-state index contributed by atoms with van der Waals surface area (Å²) in [6.07, 6.45) is 1.73. The Bertz CT molecular complexity index is 304. The van der Waals surface area contributed by atoms with Gasteiger partial charge in [-0.15, -0.1) is 0 Å². The van der Waals surface area contributed by atoms with Crippen LogP contribution in [0.2, 0.25) is 0 Å². The Balaban J connectivity index is 2.85. The van der Waals surface area contributed by atoms with Crippen LogP contribution in [-0.2, 0) is 11.5 Å². The normalized spacial score (nSPS) is 10.2. The van der Waals surface area contributed by atoms with Crippen molar-refractivity contribution in [1.29, 1.82) is 0 Å². The Morgan fingerprint density at radius 2 is 2.33 bits per heavy atom. The summed E-state index contributed by atoms with van der Waals surface area (Å²) in [5.41, 5.74) is 0.767. The quantitative estimate of drug-likeness (QED) is 0.676. The van der Waals surface area contributed by atoms with Gasteiger partial charge in [-0.2, -0.15) is 0 Å². The first kappa shape index (κ1) is 9.00. The minimum absolute atomic E-state index is 0.0194. The number of rotatable bonds is 3. The number of aromatic nitrogens is 1. The fraction of sp³-hybridized carbons (Fsp3) is 0.444. The molecule has 0 aliphatic carbocycles. The molecule has 12 heavy (non-hydrogen) atoms. The van der Waals surface area contributed by atoms with Gasteiger partial charge in [-0.25, -0.2) is 0 Å². The van der Waals surface area contributed by atoms with E-state index in [4.69, 9.17) is 4.74 Å². The molecule has 3 nitrogen and oxygen atoms in total. The molecule has 0 bridgehead atoms. The van der Waals surface area contributed by atoms with Crippen molar-refractivity contribution in [3.63, 3.8) is 0 Å². The molecule has 66 valence electrons. The van der Waals surface area contributed by atoms with Crippen molar-refractivity contribution in [3.8, 4) is 0 Å². The Morgan fingerprint density at radius 1 is 1.58 bits per heavy atom. The molecule has 0 aromatic carbocycles. The fourth-order valence-corrected chi connectivity index (χ4v) is 0.948. The molecular formula is C9H13NO2. The van der Waals surface area contributed by atoms with E-state index in [1.54, 1.807) is 23.8 Å². The Morgan fingerprint density at radius 3 is 3.00 bits per heavy atom. The molecule has 1 heterocycles. The molecule has 0 unspecified atom stereocenters. The van der Waals surface area contributed by atoms with Crippen molar-refractivity contribution in [2.45, 2.75) is 20.6 Å². The van der Waals surface area contributed by atoms with Crippen molar-refractivity contribution in [2.75, 3.05) is 6.61 Å². The van der Waals surface area contributed by atoms with Gasteiger partial charge in [0.2, 0.25) is 0 Å². The maximum atomic E-state index is 11.4. The zero-order valence-corrected chi connectivity index (χ0v) is 7.41. The molecular weight excluding hydrogens is 154 g/mol. The molecule has 0 amide bonds. The molecule has 0 fully saturated rings. The van der Waals surface area contributed by atoms with Gasteiger partial charge in [0.1, 0.15) is 6.73 Å². The van der Waals surface area contributed by atoms with Gasteiger partial charge in [-0.05, 0) is 19.9 Å². The van der Waals surface area contributed by atoms with Crippen LogP contribution in [0.25, 0.3) is 0 Å². The molecule has 1 aromatic rings. The number of ether oxygens (including phenoxy) is 1. The lowest BCUT2D eigenvalue weighted by Gasteiger charge is -2.05. The van der Waals surface area contributed by atoms with Crippen molar-refractivity contribution in [3.05, 3.63) is 34.2 Å². The lowest BCUT2D eigenvalue weighted by atomic mass is 10.3. The number of hydrogen-bond acceptors (Lipinski definition) is 2. The molecule has 0 saturated carbocycles. The molecule has 0 spiro atoms.